The molecule has 0 aromatic rings. The van der Waals surface area contributed by atoms with Crippen molar-refractivity contribution in [2.45, 2.75) is 110 Å². The molecule has 9 unspecified atom stereocenters. The summed E-state index contributed by atoms with van der Waals surface area (Å²) in [6.07, 6.45) is -5.37. The highest BCUT2D eigenvalue weighted by atomic mass is 16.6. The van der Waals surface area contributed by atoms with Crippen LogP contribution in [0.2, 0.25) is 0 Å². The van der Waals surface area contributed by atoms with Crippen LogP contribution >= 0.6 is 0 Å². The predicted octanol–water partition coefficient (Wildman–Crippen LogP) is 0.842. The quantitative estimate of drug-likeness (QED) is 0.219. The van der Waals surface area contributed by atoms with Gasteiger partial charge in [-0.25, -0.2) is 4.79 Å². The molecule has 2 heterocycles. The highest BCUT2D eigenvalue weighted by molar-refractivity contribution is 5.88. The van der Waals surface area contributed by atoms with Crippen molar-refractivity contribution >= 4 is 29.7 Å². The van der Waals surface area contributed by atoms with Gasteiger partial charge in [0.15, 0.2) is 11.4 Å². The topological polar surface area (TPSA) is 195 Å². The SMILES string of the molecule is CC(=O)OC1C(OC(C)=O)[C@@]2(C)C(C(O)[C@@H]3C2C(C)C=C2OC(=O)[C@@](C)(O)[C@@]23C)[C@H]2C1[C@]1(C)C(C[C@@H]3O[C@@H]3C1OC(C)=O)C(=O)[C@@H]2O. The number of carbonyl (C=O) groups excluding carboxylic acids is 5. The minimum atomic E-state index is -2.06. The van der Waals surface area contributed by atoms with Gasteiger partial charge in [0.05, 0.1) is 17.6 Å². The predicted molar refractivity (Wildman–Crippen MR) is 156 cm³/mol. The molecule has 2 saturated heterocycles. The molecule has 0 amide bonds. The highest BCUT2D eigenvalue weighted by Crippen LogP contribution is 2.75. The van der Waals surface area contributed by atoms with Crippen molar-refractivity contribution in [1.82, 2.24) is 0 Å². The van der Waals surface area contributed by atoms with Gasteiger partial charge < -0.3 is 39.0 Å². The summed E-state index contributed by atoms with van der Waals surface area (Å²) >= 11 is 0. The van der Waals surface area contributed by atoms with Gasteiger partial charge >= 0.3 is 23.9 Å². The van der Waals surface area contributed by atoms with Crippen molar-refractivity contribution in [1.29, 1.82) is 0 Å². The van der Waals surface area contributed by atoms with E-state index in [4.69, 9.17) is 23.7 Å². The lowest BCUT2D eigenvalue weighted by atomic mass is 9.41. The van der Waals surface area contributed by atoms with Crippen LogP contribution in [0.5, 0.6) is 0 Å². The van der Waals surface area contributed by atoms with Crippen LogP contribution in [0, 0.1) is 57.7 Å². The number of hydrogen-bond acceptors (Lipinski definition) is 13. The summed E-state index contributed by atoms with van der Waals surface area (Å²) in [4.78, 5) is 65.8. The van der Waals surface area contributed by atoms with Crippen molar-refractivity contribution in [3.05, 3.63) is 11.8 Å². The first-order chi connectivity index (χ1) is 21.7. The Bertz CT molecular complexity index is 1500. The molecule has 4 saturated carbocycles. The van der Waals surface area contributed by atoms with Gasteiger partial charge in [-0.2, -0.15) is 0 Å². The molecular weight excluding hydrogens is 616 g/mol. The Kier molecular flexibility index (Phi) is 6.85. The Morgan fingerprint density at radius 1 is 0.851 bits per heavy atom. The molecule has 7 rings (SSSR count). The van der Waals surface area contributed by atoms with Crippen LogP contribution in [0.3, 0.4) is 0 Å². The number of ketones is 1. The second-order valence-electron chi connectivity index (χ2n) is 15.9. The van der Waals surface area contributed by atoms with Crippen LogP contribution < -0.4 is 0 Å². The molecule has 0 radical (unpaired) electrons. The van der Waals surface area contributed by atoms with Gasteiger partial charge in [0, 0.05) is 61.2 Å². The van der Waals surface area contributed by atoms with Crippen LogP contribution in [0.4, 0.5) is 0 Å². The third-order valence-electron chi connectivity index (χ3n) is 13.8. The molecule has 13 nitrogen and oxygen atoms in total. The van der Waals surface area contributed by atoms with Crippen molar-refractivity contribution in [3.8, 4) is 0 Å². The monoisotopic (exact) mass is 660 g/mol. The molecule has 47 heavy (non-hydrogen) atoms. The number of ether oxygens (including phenoxy) is 5. The lowest BCUT2D eigenvalue weighted by Gasteiger charge is -2.65. The Hall–Kier alpha value is -2.87. The molecule has 3 N–H and O–H groups in total. The van der Waals surface area contributed by atoms with E-state index in [0.29, 0.717) is 0 Å². The fourth-order valence-corrected chi connectivity index (χ4v) is 11.9. The first-order valence-electron chi connectivity index (χ1n) is 16.5. The van der Waals surface area contributed by atoms with Crippen LogP contribution in [-0.2, 0) is 47.7 Å². The number of aliphatic hydroxyl groups is 3. The van der Waals surface area contributed by atoms with Gasteiger partial charge in [0.2, 0.25) is 0 Å². The van der Waals surface area contributed by atoms with E-state index in [1.165, 1.54) is 27.7 Å². The second-order valence-corrected chi connectivity index (χ2v) is 15.9. The molecule has 13 heteroatoms. The summed E-state index contributed by atoms with van der Waals surface area (Å²) in [5.41, 5.74) is -6.06. The van der Waals surface area contributed by atoms with Gasteiger partial charge in [-0.1, -0.05) is 20.8 Å². The number of carbonyl (C=O) groups is 5. The lowest BCUT2D eigenvalue weighted by Crippen LogP contribution is -2.74. The van der Waals surface area contributed by atoms with Crippen molar-refractivity contribution in [2.75, 3.05) is 0 Å². The average molecular weight is 661 g/mol. The minimum absolute atomic E-state index is 0.214. The molecule has 6 fully saturated rings. The van der Waals surface area contributed by atoms with E-state index in [-0.39, 0.29) is 18.3 Å². The van der Waals surface area contributed by atoms with Gasteiger partial charge in [-0.3, -0.25) is 19.2 Å². The number of aliphatic hydroxyl groups excluding tert-OH is 2. The maximum absolute atomic E-state index is 14.3. The molecule has 18 atom stereocenters. The fraction of sp³-hybridized carbons (Fsp3) is 0.794. The third kappa shape index (κ3) is 3.82. The summed E-state index contributed by atoms with van der Waals surface area (Å²) in [5, 5.41) is 36.4. The van der Waals surface area contributed by atoms with E-state index in [9.17, 15) is 39.3 Å². The average Bonchev–Trinajstić information content (AvgIpc) is 3.65. The molecule has 0 aromatic carbocycles. The van der Waals surface area contributed by atoms with Crippen LogP contribution in [0.1, 0.15) is 61.8 Å². The standard InChI is InChI=1S/C34H44O13/c1-11-9-17-33(7,34(8,42)30(41)47-17)22-19(11)32(6)20(25(22)40)18-21(27(43-12(2)35)29(32)45-14(4)37)31(5)15(23(38)24(18)39)10-16-26(46-16)28(31)44-13(3)36/h9,11,15-16,18-22,24-29,39-40,42H,10H2,1-8H3/t11?,15?,16-,18-,19?,20?,21?,22-,24+,25?,26-,27?,28?,29?,31-,32+,33-,34+/m0/s1. The Morgan fingerprint density at radius 2 is 1.45 bits per heavy atom. The molecule has 258 valence electrons. The van der Waals surface area contributed by atoms with E-state index < -0.39 is 130 Å². The Morgan fingerprint density at radius 3 is 2.04 bits per heavy atom. The minimum Gasteiger partial charge on any atom is -0.459 e. The highest BCUT2D eigenvalue weighted by Gasteiger charge is 2.83. The number of fused-ring (bicyclic) bond motifs is 10. The Labute approximate surface area is 272 Å². The van der Waals surface area contributed by atoms with Crippen molar-refractivity contribution < 1.29 is 63.0 Å². The van der Waals surface area contributed by atoms with Crippen molar-refractivity contribution in [2.24, 2.45) is 57.7 Å². The zero-order valence-corrected chi connectivity index (χ0v) is 27.8. The molecule has 2 aliphatic heterocycles. The van der Waals surface area contributed by atoms with Gasteiger partial charge in [-0.15, -0.1) is 0 Å². The molecule has 5 aliphatic carbocycles. The summed E-state index contributed by atoms with van der Waals surface area (Å²) in [6.45, 7) is 12.1. The first kappa shape index (κ1) is 32.7. The van der Waals surface area contributed by atoms with Gasteiger partial charge in [0.25, 0.3) is 0 Å². The molecule has 0 aromatic heterocycles. The van der Waals surface area contributed by atoms with E-state index >= 15 is 0 Å². The van der Waals surface area contributed by atoms with Crippen LogP contribution in [-0.4, -0.2) is 93.3 Å². The zero-order valence-electron chi connectivity index (χ0n) is 27.8. The smallest absolute Gasteiger partial charge is 0.343 e. The molecule has 0 bridgehead atoms. The molecular formula is C34H44O13. The van der Waals surface area contributed by atoms with Gasteiger partial charge in [0.1, 0.15) is 36.3 Å². The molecule has 7 aliphatic rings. The summed E-state index contributed by atoms with van der Waals surface area (Å²) in [5.74, 6) is -8.98. The van der Waals surface area contributed by atoms with E-state index in [1.54, 1.807) is 26.8 Å². The third-order valence-corrected chi connectivity index (χ3v) is 13.8. The van der Waals surface area contributed by atoms with E-state index in [2.05, 4.69) is 0 Å². The van der Waals surface area contributed by atoms with Crippen LogP contribution in [0.15, 0.2) is 11.8 Å². The maximum atomic E-state index is 14.3. The fourth-order valence-electron chi connectivity index (χ4n) is 11.9. The number of epoxide rings is 1. The molecule has 0 spiro atoms. The number of esters is 4. The zero-order chi connectivity index (χ0) is 34.5. The summed E-state index contributed by atoms with van der Waals surface area (Å²) in [7, 11) is 0. The lowest BCUT2D eigenvalue weighted by molar-refractivity contribution is -0.272. The number of Topliss-reactive ketones (excluding diaryl/α,β-unsaturated/α-hetero) is 1. The van der Waals surface area contributed by atoms with Crippen LogP contribution in [0.25, 0.3) is 0 Å². The second kappa shape index (κ2) is 9.86. The van der Waals surface area contributed by atoms with E-state index in [0.717, 1.165) is 0 Å². The Balaban J connectivity index is 1.49. The summed E-state index contributed by atoms with van der Waals surface area (Å²) < 4.78 is 29.7. The largest absolute Gasteiger partial charge is 0.459 e. The number of allylic oxidation sites excluding steroid dienone is 1. The van der Waals surface area contributed by atoms with Crippen molar-refractivity contribution in [3.63, 3.8) is 0 Å². The van der Waals surface area contributed by atoms with E-state index in [1.807, 2.05) is 6.92 Å². The summed E-state index contributed by atoms with van der Waals surface area (Å²) in [6, 6.07) is 0. The first-order valence-corrected chi connectivity index (χ1v) is 16.5. The normalized spacial score (nSPS) is 55.1. The maximum Gasteiger partial charge on any atom is 0.343 e. The number of rotatable bonds is 3. The number of hydrogen-bond donors (Lipinski definition) is 3. The van der Waals surface area contributed by atoms with Gasteiger partial charge in [-0.05, 0) is 38.2 Å².